The summed E-state index contributed by atoms with van der Waals surface area (Å²) in [5.41, 5.74) is 7.08. The molecule has 0 bridgehead atoms. The zero-order chi connectivity index (χ0) is 9.14. The van der Waals surface area contributed by atoms with Gasteiger partial charge in [0.2, 0.25) is 0 Å². The number of nitrogens with zero attached hydrogens (tertiary/aromatic N) is 1. The minimum atomic E-state index is 0.161. The maximum Gasteiger partial charge on any atom is 0.120 e. The summed E-state index contributed by atoms with van der Waals surface area (Å²) in [6.07, 6.45) is 0.632. The number of nitrogens with two attached hydrogens (primary N) is 1. The highest BCUT2D eigenvalue weighted by Crippen LogP contribution is 2.26. The van der Waals surface area contributed by atoms with E-state index in [2.05, 4.69) is 0 Å². The van der Waals surface area contributed by atoms with Gasteiger partial charge in [0.25, 0.3) is 0 Å². The molecule has 3 nitrogen and oxygen atoms in total. The van der Waals surface area contributed by atoms with Crippen molar-refractivity contribution in [2.75, 3.05) is 5.73 Å². The van der Waals surface area contributed by atoms with E-state index in [0.717, 1.165) is 0 Å². The standard InChI is InChI=1S/C9H10N2O/c1-2-7-8(12)4-3-6(5-10)9(7)11/h3-4,12H,2,11H2,1H3. The molecule has 1 aromatic carbocycles. The topological polar surface area (TPSA) is 70.0 Å². The first-order valence-electron chi connectivity index (χ1n) is 3.71. The zero-order valence-corrected chi connectivity index (χ0v) is 6.83. The number of nitrogen functional groups attached to an aromatic ring is 1. The van der Waals surface area contributed by atoms with Crippen molar-refractivity contribution in [1.29, 1.82) is 5.26 Å². The van der Waals surface area contributed by atoms with Crippen LogP contribution >= 0.6 is 0 Å². The molecule has 0 heterocycles. The molecule has 0 saturated heterocycles. The Balaban J connectivity index is 3.36. The Bertz CT molecular complexity index is 339. The van der Waals surface area contributed by atoms with Crippen LogP contribution in [0.2, 0.25) is 0 Å². The summed E-state index contributed by atoms with van der Waals surface area (Å²) in [5, 5.41) is 17.9. The van der Waals surface area contributed by atoms with Crippen molar-refractivity contribution in [1.82, 2.24) is 0 Å². The quantitative estimate of drug-likeness (QED) is 0.613. The molecule has 3 N–H and O–H groups in total. The van der Waals surface area contributed by atoms with Crippen LogP contribution in [0.5, 0.6) is 5.75 Å². The number of hydrogen-bond acceptors (Lipinski definition) is 3. The summed E-state index contributed by atoms with van der Waals surface area (Å²) >= 11 is 0. The van der Waals surface area contributed by atoms with Crippen LogP contribution in [0.4, 0.5) is 5.69 Å². The fraction of sp³-hybridized carbons (Fsp3) is 0.222. The summed E-state index contributed by atoms with van der Waals surface area (Å²) in [5.74, 6) is 0.161. The average molecular weight is 162 g/mol. The van der Waals surface area contributed by atoms with Crippen LogP contribution < -0.4 is 5.73 Å². The van der Waals surface area contributed by atoms with E-state index in [9.17, 15) is 5.11 Å². The fourth-order valence-electron chi connectivity index (χ4n) is 1.12. The number of benzene rings is 1. The Morgan fingerprint density at radius 3 is 2.75 bits per heavy atom. The molecule has 1 aromatic rings. The lowest BCUT2D eigenvalue weighted by Crippen LogP contribution is -1.96. The molecule has 0 unspecified atom stereocenters. The van der Waals surface area contributed by atoms with Crippen LogP contribution in [-0.2, 0) is 6.42 Å². The molecule has 0 aliphatic heterocycles. The van der Waals surface area contributed by atoms with Gasteiger partial charge >= 0.3 is 0 Å². The Kier molecular flexibility index (Phi) is 2.20. The van der Waals surface area contributed by atoms with Gasteiger partial charge in [0, 0.05) is 5.56 Å². The van der Waals surface area contributed by atoms with Crippen LogP contribution in [0.25, 0.3) is 0 Å². The second-order valence-corrected chi connectivity index (χ2v) is 2.49. The molecule has 12 heavy (non-hydrogen) atoms. The average Bonchev–Trinajstić information content (AvgIpc) is 2.06. The van der Waals surface area contributed by atoms with E-state index in [1.165, 1.54) is 12.1 Å². The van der Waals surface area contributed by atoms with Crippen LogP contribution in [0, 0.1) is 11.3 Å². The molecule has 62 valence electrons. The predicted octanol–water partition coefficient (Wildman–Crippen LogP) is 1.41. The van der Waals surface area contributed by atoms with Crippen molar-refractivity contribution < 1.29 is 5.11 Å². The van der Waals surface area contributed by atoms with Gasteiger partial charge in [-0.1, -0.05) is 6.92 Å². The van der Waals surface area contributed by atoms with Crippen molar-refractivity contribution in [3.05, 3.63) is 23.3 Å². The monoisotopic (exact) mass is 162 g/mol. The maximum atomic E-state index is 9.32. The van der Waals surface area contributed by atoms with Crippen LogP contribution in [0.15, 0.2) is 12.1 Å². The molecule has 3 heteroatoms. The summed E-state index contributed by atoms with van der Waals surface area (Å²) in [6, 6.07) is 4.97. The van der Waals surface area contributed by atoms with Gasteiger partial charge in [-0.2, -0.15) is 5.26 Å². The van der Waals surface area contributed by atoms with Gasteiger partial charge in [0.1, 0.15) is 11.8 Å². The first kappa shape index (κ1) is 8.41. The summed E-state index contributed by atoms with van der Waals surface area (Å²) in [6.45, 7) is 1.88. The van der Waals surface area contributed by atoms with Gasteiger partial charge in [-0.15, -0.1) is 0 Å². The van der Waals surface area contributed by atoms with E-state index in [-0.39, 0.29) is 5.75 Å². The molecule has 0 aromatic heterocycles. The third-order valence-corrected chi connectivity index (χ3v) is 1.81. The summed E-state index contributed by atoms with van der Waals surface area (Å²) in [7, 11) is 0. The van der Waals surface area contributed by atoms with Crippen LogP contribution in [0.3, 0.4) is 0 Å². The molecule has 0 fully saturated rings. The molecule has 0 radical (unpaired) electrons. The first-order chi connectivity index (χ1) is 5.70. The minimum absolute atomic E-state index is 0.161. The number of hydrogen-bond donors (Lipinski definition) is 2. The second-order valence-electron chi connectivity index (χ2n) is 2.49. The Morgan fingerprint density at radius 1 is 1.58 bits per heavy atom. The number of phenols is 1. The van der Waals surface area contributed by atoms with E-state index < -0.39 is 0 Å². The van der Waals surface area contributed by atoms with E-state index in [4.69, 9.17) is 11.0 Å². The third kappa shape index (κ3) is 1.19. The zero-order valence-electron chi connectivity index (χ0n) is 6.83. The third-order valence-electron chi connectivity index (χ3n) is 1.81. The highest BCUT2D eigenvalue weighted by Gasteiger charge is 2.07. The maximum absolute atomic E-state index is 9.32. The Hall–Kier alpha value is -1.69. The van der Waals surface area contributed by atoms with Crippen molar-refractivity contribution in [2.45, 2.75) is 13.3 Å². The van der Waals surface area contributed by atoms with Crippen molar-refractivity contribution in [3.63, 3.8) is 0 Å². The molecule has 1 rings (SSSR count). The largest absolute Gasteiger partial charge is 0.508 e. The molecule has 0 saturated carbocycles. The lowest BCUT2D eigenvalue weighted by atomic mass is 10.1. The smallest absolute Gasteiger partial charge is 0.120 e. The van der Waals surface area contributed by atoms with Crippen molar-refractivity contribution >= 4 is 5.69 Å². The Morgan fingerprint density at radius 2 is 2.25 bits per heavy atom. The lowest BCUT2D eigenvalue weighted by molar-refractivity contribution is 0.469. The minimum Gasteiger partial charge on any atom is -0.508 e. The normalized spacial score (nSPS) is 9.33. The molecular weight excluding hydrogens is 152 g/mol. The summed E-state index contributed by atoms with van der Waals surface area (Å²) in [4.78, 5) is 0. The van der Waals surface area contributed by atoms with Crippen molar-refractivity contribution in [3.8, 4) is 11.8 Å². The van der Waals surface area contributed by atoms with Gasteiger partial charge in [-0.25, -0.2) is 0 Å². The van der Waals surface area contributed by atoms with Crippen LogP contribution in [0.1, 0.15) is 18.1 Å². The Labute approximate surface area is 71.1 Å². The molecule has 0 amide bonds. The van der Waals surface area contributed by atoms with E-state index in [0.29, 0.717) is 23.2 Å². The molecular formula is C9H10N2O. The van der Waals surface area contributed by atoms with E-state index >= 15 is 0 Å². The summed E-state index contributed by atoms with van der Waals surface area (Å²) < 4.78 is 0. The predicted molar refractivity (Wildman–Crippen MR) is 46.6 cm³/mol. The van der Waals surface area contributed by atoms with Gasteiger partial charge in [-0.3, -0.25) is 0 Å². The molecule has 0 aliphatic carbocycles. The van der Waals surface area contributed by atoms with E-state index in [1.807, 2.05) is 13.0 Å². The van der Waals surface area contributed by atoms with E-state index in [1.54, 1.807) is 0 Å². The second kappa shape index (κ2) is 3.14. The SMILES string of the molecule is CCc1c(O)ccc(C#N)c1N. The number of rotatable bonds is 1. The highest BCUT2D eigenvalue weighted by atomic mass is 16.3. The van der Waals surface area contributed by atoms with Gasteiger partial charge in [0.15, 0.2) is 0 Å². The van der Waals surface area contributed by atoms with Crippen LogP contribution in [-0.4, -0.2) is 5.11 Å². The number of anilines is 1. The lowest BCUT2D eigenvalue weighted by Gasteiger charge is -2.06. The molecule has 0 aliphatic rings. The number of nitriles is 1. The molecule has 0 spiro atoms. The number of phenolic OH excluding ortho intramolecular Hbond substituents is 1. The highest BCUT2D eigenvalue weighted by molar-refractivity contribution is 5.63. The van der Waals surface area contributed by atoms with Gasteiger partial charge < -0.3 is 10.8 Å². The fourth-order valence-corrected chi connectivity index (χ4v) is 1.12. The number of aromatic hydroxyl groups is 1. The van der Waals surface area contributed by atoms with Crippen molar-refractivity contribution in [2.24, 2.45) is 0 Å². The first-order valence-corrected chi connectivity index (χ1v) is 3.71. The molecule has 0 atom stereocenters. The van der Waals surface area contributed by atoms with Gasteiger partial charge in [0.05, 0.1) is 11.3 Å². The van der Waals surface area contributed by atoms with Gasteiger partial charge in [-0.05, 0) is 18.6 Å².